The highest BCUT2D eigenvalue weighted by Crippen LogP contribution is 2.21. The summed E-state index contributed by atoms with van der Waals surface area (Å²) in [6.07, 6.45) is 9.55. The molecule has 3 rings (SSSR count). The van der Waals surface area contributed by atoms with Crippen molar-refractivity contribution in [3.05, 3.63) is 36.2 Å². The molecule has 5 heteroatoms. The van der Waals surface area contributed by atoms with Gasteiger partial charge >= 0.3 is 0 Å². The molecule has 0 saturated carbocycles. The van der Waals surface area contributed by atoms with E-state index >= 15 is 0 Å². The van der Waals surface area contributed by atoms with E-state index in [1.54, 1.807) is 0 Å². The molecule has 2 aromatic rings. The number of aromatic amines is 1. The zero-order valence-electron chi connectivity index (χ0n) is 13.0. The molecule has 1 fully saturated rings. The van der Waals surface area contributed by atoms with Crippen LogP contribution in [0.2, 0.25) is 0 Å². The number of H-pyrrole nitrogens is 1. The Morgan fingerprint density at radius 2 is 2.29 bits per heavy atom. The maximum atomic E-state index is 4.54. The first-order valence-electron chi connectivity index (χ1n) is 7.94. The third kappa shape index (κ3) is 3.53. The van der Waals surface area contributed by atoms with E-state index in [1.165, 1.54) is 30.9 Å². The Labute approximate surface area is 126 Å². The van der Waals surface area contributed by atoms with Gasteiger partial charge in [-0.2, -0.15) is 5.10 Å². The van der Waals surface area contributed by atoms with Crippen LogP contribution in [0.5, 0.6) is 0 Å². The predicted octanol–water partition coefficient (Wildman–Crippen LogP) is 2.64. The molecule has 114 valence electrons. The molecular weight excluding hydrogens is 262 g/mol. The molecule has 0 amide bonds. The summed E-state index contributed by atoms with van der Waals surface area (Å²) in [7, 11) is 0. The van der Waals surface area contributed by atoms with E-state index in [4.69, 9.17) is 0 Å². The molecular formula is C16H25N5. The summed E-state index contributed by atoms with van der Waals surface area (Å²) in [5, 5.41) is 7.13. The summed E-state index contributed by atoms with van der Waals surface area (Å²) in [5.41, 5.74) is 1.26. The number of hydrogen-bond acceptors (Lipinski definition) is 3. The number of nitrogens with one attached hydrogen (secondary N) is 1. The normalized spacial score (nSPS) is 20.2. The smallest absolute Gasteiger partial charge is 0.123 e. The number of rotatable bonds is 5. The van der Waals surface area contributed by atoms with Gasteiger partial charge in [-0.25, -0.2) is 4.98 Å². The van der Waals surface area contributed by atoms with E-state index in [9.17, 15) is 0 Å². The maximum Gasteiger partial charge on any atom is 0.123 e. The second kappa shape index (κ2) is 6.43. The summed E-state index contributed by atoms with van der Waals surface area (Å²) < 4.78 is 2.28. The first kappa shape index (κ1) is 14.3. The number of nitrogens with zero attached hydrogens (tertiary/aromatic N) is 4. The fraction of sp³-hybridized carbons (Fsp3) is 0.625. The average molecular weight is 287 g/mol. The van der Waals surface area contributed by atoms with E-state index in [0.717, 1.165) is 25.4 Å². The predicted molar refractivity (Wildman–Crippen MR) is 82.9 cm³/mol. The summed E-state index contributed by atoms with van der Waals surface area (Å²) in [5.74, 6) is 1.91. The Bertz CT molecular complexity index is 543. The van der Waals surface area contributed by atoms with E-state index in [0.29, 0.717) is 6.04 Å². The minimum Gasteiger partial charge on any atom is -0.331 e. The Balaban J connectivity index is 1.59. The quantitative estimate of drug-likeness (QED) is 0.919. The molecule has 1 saturated heterocycles. The van der Waals surface area contributed by atoms with Gasteiger partial charge in [0.1, 0.15) is 5.82 Å². The maximum absolute atomic E-state index is 4.54. The van der Waals surface area contributed by atoms with Crippen molar-refractivity contribution in [1.29, 1.82) is 0 Å². The second-order valence-electron chi connectivity index (χ2n) is 6.37. The van der Waals surface area contributed by atoms with E-state index < -0.39 is 0 Å². The monoisotopic (exact) mass is 287 g/mol. The molecule has 0 spiro atoms. The molecule has 2 aromatic heterocycles. The van der Waals surface area contributed by atoms with Gasteiger partial charge in [-0.15, -0.1) is 0 Å². The lowest BCUT2D eigenvalue weighted by atomic mass is 9.93. The second-order valence-corrected chi connectivity index (χ2v) is 6.37. The van der Waals surface area contributed by atoms with Gasteiger partial charge in [0.15, 0.2) is 0 Å². The van der Waals surface area contributed by atoms with E-state index in [-0.39, 0.29) is 0 Å². The van der Waals surface area contributed by atoms with Crippen molar-refractivity contribution in [1.82, 2.24) is 24.6 Å². The topological polar surface area (TPSA) is 49.7 Å². The average Bonchev–Trinajstić information content (AvgIpc) is 3.10. The first-order chi connectivity index (χ1) is 10.2. The minimum atomic E-state index is 0.480. The van der Waals surface area contributed by atoms with Crippen molar-refractivity contribution in [2.75, 3.05) is 13.1 Å². The Morgan fingerprint density at radius 1 is 1.38 bits per heavy atom. The van der Waals surface area contributed by atoms with Crippen molar-refractivity contribution in [3.8, 4) is 0 Å². The van der Waals surface area contributed by atoms with Crippen LogP contribution in [-0.2, 0) is 13.0 Å². The number of piperidine rings is 1. The van der Waals surface area contributed by atoms with Gasteiger partial charge in [0, 0.05) is 36.9 Å². The third-order valence-electron chi connectivity index (χ3n) is 4.34. The molecule has 0 bridgehead atoms. The third-order valence-corrected chi connectivity index (χ3v) is 4.34. The highest BCUT2D eigenvalue weighted by atomic mass is 15.2. The molecule has 0 aromatic carbocycles. The fourth-order valence-corrected chi connectivity index (χ4v) is 3.31. The molecule has 1 aliphatic heterocycles. The van der Waals surface area contributed by atoms with Crippen LogP contribution < -0.4 is 0 Å². The zero-order valence-corrected chi connectivity index (χ0v) is 13.0. The Kier molecular flexibility index (Phi) is 4.39. The molecule has 5 nitrogen and oxygen atoms in total. The molecule has 1 atom stereocenters. The molecule has 21 heavy (non-hydrogen) atoms. The highest BCUT2D eigenvalue weighted by molar-refractivity contribution is 5.00. The van der Waals surface area contributed by atoms with Crippen LogP contribution >= 0.6 is 0 Å². The van der Waals surface area contributed by atoms with Gasteiger partial charge in [-0.05, 0) is 51.6 Å². The number of imidazole rings is 1. The molecule has 1 aliphatic rings. The Morgan fingerprint density at radius 3 is 3.05 bits per heavy atom. The number of likely N-dealkylation sites (tertiary alicyclic amines) is 1. The molecule has 0 radical (unpaired) electrons. The van der Waals surface area contributed by atoms with Gasteiger partial charge in [-0.1, -0.05) is 0 Å². The van der Waals surface area contributed by atoms with Crippen LogP contribution in [0.15, 0.2) is 24.7 Å². The van der Waals surface area contributed by atoms with Crippen molar-refractivity contribution in [2.24, 2.45) is 5.92 Å². The van der Waals surface area contributed by atoms with Gasteiger partial charge in [-0.3, -0.25) is 10.00 Å². The summed E-state index contributed by atoms with van der Waals surface area (Å²) >= 11 is 0. The van der Waals surface area contributed by atoms with Crippen LogP contribution in [-0.4, -0.2) is 37.7 Å². The van der Waals surface area contributed by atoms with Gasteiger partial charge in [0.25, 0.3) is 0 Å². The van der Waals surface area contributed by atoms with Crippen LogP contribution in [0.3, 0.4) is 0 Å². The van der Waals surface area contributed by atoms with E-state index in [2.05, 4.69) is 50.8 Å². The largest absolute Gasteiger partial charge is 0.331 e. The lowest BCUT2D eigenvalue weighted by Crippen LogP contribution is -2.36. The molecule has 0 aliphatic carbocycles. The van der Waals surface area contributed by atoms with E-state index in [1.807, 2.05) is 12.4 Å². The van der Waals surface area contributed by atoms with Crippen molar-refractivity contribution in [3.63, 3.8) is 0 Å². The lowest BCUT2D eigenvalue weighted by molar-refractivity contribution is 0.160. The summed E-state index contributed by atoms with van der Waals surface area (Å²) in [4.78, 5) is 7.08. The molecule has 1 N–H and O–H groups in total. The fourth-order valence-electron chi connectivity index (χ4n) is 3.31. The van der Waals surface area contributed by atoms with Gasteiger partial charge in [0.2, 0.25) is 0 Å². The number of hydrogen-bond donors (Lipinski definition) is 1. The van der Waals surface area contributed by atoms with Crippen molar-refractivity contribution < 1.29 is 0 Å². The van der Waals surface area contributed by atoms with Crippen LogP contribution in [0.1, 0.15) is 44.2 Å². The van der Waals surface area contributed by atoms with Crippen molar-refractivity contribution in [2.45, 2.75) is 45.7 Å². The summed E-state index contributed by atoms with van der Waals surface area (Å²) in [6, 6.07) is 2.57. The molecule has 1 unspecified atom stereocenters. The summed E-state index contributed by atoms with van der Waals surface area (Å²) in [6.45, 7) is 7.73. The van der Waals surface area contributed by atoms with Crippen LogP contribution in [0, 0.1) is 5.92 Å². The highest BCUT2D eigenvalue weighted by Gasteiger charge is 2.22. The molecule has 3 heterocycles. The number of aromatic nitrogens is 4. The van der Waals surface area contributed by atoms with Crippen LogP contribution in [0.25, 0.3) is 0 Å². The zero-order chi connectivity index (χ0) is 14.7. The van der Waals surface area contributed by atoms with Gasteiger partial charge in [0.05, 0.1) is 6.54 Å². The van der Waals surface area contributed by atoms with Crippen molar-refractivity contribution >= 4 is 0 Å². The SMILES string of the molecule is CC(C)n1ccnc1CN1CCCC(Cc2ccn[nH]2)C1. The minimum absolute atomic E-state index is 0.480. The van der Waals surface area contributed by atoms with Gasteiger partial charge < -0.3 is 4.57 Å². The standard InChI is InChI=1S/C16H25N5/c1-13(2)21-9-7-17-16(21)12-20-8-3-4-14(11-20)10-15-5-6-18-19-15/h5-7,9,13-14H,3-4,8,10-12H2,1-2H3,(H,18,19). The Hall–Kier alpha value is -1.62. The lowest BCUT2D eigenvalue weighted by Gasteiger charge is -2.32. The van der Waals surface area contributed by atoms with Crippen LogP contribution in [0.4, 0.5) is 0 Å². The first-order valence-corrected chi connectivity index (χ1v) is 7.94.